The lowest BCUT2D eigenvalue weighted by Crippen LogP contribution is -2.08. The molecule has 9 heteroatoms. The maximum Gasteiger partial charge on any atom is 0.365 e. The van der Waals surface area contributed by atoms with Crippen LogP contribution < -0.4 is 20.4 Å². The van der Waals surface area contributed by atoms with E-state index in [1.165, 1.54) is 0 Å². The predicted octanol–water partition coefficient (Wildman–Crippen LogP) is 2.72. The molecule has 0 amide bonds. The van der Waals surface area contributed by atoms with Gasteiger partial charge in [-0.05, 0) is 26.0 Å². The zero-order valence-electron chi connectivity index (χ0n) is 15.9. The zero-order valence-corrected chi connectivity index (χ0v) is 15.9. The van der Waals surface area contributed by atoms with E-state index >= 15 is 0 Å². The van der Waals surface area contributed by atoms with Crippen LogP contribution in [-0.2, 0) is 0 Å². The molecule has 0 spiro atoms. The molecule has 4 heterocycles. The van der Waals surface area contributed by atoms with Crippen LogP contribution in [-0.4, -0.2) is 38.6 Å². The molecule has 0 radical (unpaired) electrons. The lowest BCUT2D eigenvalue weighted by Gasteiger charge is -2.13. The van der Waals surface area contributed by atoms with Crippen LogP contribution >= 0.6 is 0 Å². The van der Waals surface area contributed by atoms with Crippen LogP contribution in [0.4, 0.5) is 17.2 Å². The normalized spacial score (nSPS) is 10.8. The summed E-state index contributed by atoms with van der Waals surface area (Å²) in [5.74, 6) is 1.99. The van der Waals surface area contributed by atoms with Gasteiger partial charge in [0.05, 0.1) is 31.4 Å². The number of aromatic nitrogens is 6. The second kappa shape index (κ2) is 7.47. The van der Waals surface area contributed by atoms with Crippen molar-refractivity contribution in [1.82, 2.24) is 24.9 Å². The molecule has 4 aromatic rings. The monoisotopic (exact) mass is 377 g/mol. The summed E-state index contributed by atoms with van der Waals surface area (Å²) in [6.07, 6.45) is 5.23. The molecule has 9 nitrogen and oxygen atoms in total. The van der Waals surface area contributed by atoms with Crippen LogP contribution in [0.3, 0.4) is 0 Å². The molecule has 4 aromatic heterocycles. The molecule has 0 aliphatic carbocycles. The highest BCUT2D eigenvalue weighted by atomic mass is 16.5. The highest BCUT2D eigenvalue weighted by Gasteiger charge is 2.17. The van der Waals surface area contributed by atoms with Crippen LogP contribution in [0.2, 0.25) is 0 Å². The first-order valence-corrected chi connectivity index (χ1v) is 8.92. The smallest absolute Gasteiger partial charge is 0.365 e. The van der Waals surface area contributed by atoms with Crippen molar-refractivity contribution in [2.24, 2.45) is 0 Å². The molecule has 0 aliphatic heterocycles. The van der Waals surface area contributed by atoms with Crippen molar-refractivity contribution in [1.29, 1.82) is 0 Å². The number of hydrogen-bond acceptors (Lipinski definition) is 7. The lowest BCUT2D eigenvalue weighted by molar-refractivity contribution is -0.392. The number of fused-ring (bicyclic) bond motifs is 1. The first-order valence-electron chi connectivity index (χ1n) is 8.92. The van der Waals surface area contributed by atoms with Gasteiger partial charge in [0.25, 0.3) is 0 Å². The van der Waals surface area contributed by atoms with Crippen molar-refractivity contribution in [2.45, 2.75) is 13.8 Å². The SMILES string of the molecule is CCNc1cnc(Nc2ccc(OC)[nH+]c2)c(-c2nc(C)nc3nc[nH]c23)c1. The van der Waals surface area contributed by atoms with Crippen molar-refractivity contribution in [3.05, 3.63) is 42.7 Å². The minimum Gasteiger partial charge on any atom is -0.448 e. The first kappa shape index (κ1) is 17.7. The third-order valence-electron chi connectivity index (χ3n) is 4.19. The number of methoxy groups -OCH3 is 1. The fourth-order valence-corrected chi connectivity index (χ4v) is 2.93. The Morgan fingerprint density at radius 2 is 2.07 bits per heavy atom. The summed E-state index contributed by atoms with van der Waals surface area (Å²) >= 11 is 0. The maximum absolute atomic E-state index is 5.17. The number of rotatable bonds is 6. The van der Waals surface area contributed by atoms with E-state index in [9.17, 15) is 0 Å². The first-order chi connectivity index (χ1) is 13.7. The molecule has 0 bridgehead atoms. The fraction of sp³-hybridized carbons (Fsp3) is 0.211. The Hall–Kier alpha value is -3.75. The molecule has 0 unspecified atom stereocenters. The van der Waals surface area contributed by atoms with Gasteiger partial charge >= 0.3 is 5.88 Å². The number of nitrogens with zero attached hydrogens (tertiary/aromatic N) is 4. The van der Waals surface area contributed by atoms with E-state index in [1.807, 2.05) is 38.2 Å². The van der Waals surface area contributed by atoms with Gasteiger partial charge in [-0.15, -0.1) is 0 Å². The molecule has 0 aliphatic rings. The van der Waals surface area contributed by atoms with Gasteiger partial charge in [-0.2, -0.15) is 4.98 Å². The molecule has 4 rings (SSSR count). The number of H-pyrrole nitrogens is 2. The second-order valence-electron chi connectivity index (χ2n) is 6.14. The number of imidazole rings is 1. The van der Waals surface area contributed by atoms with E-state index in [-0.39, 0.29) is 0 Å². The Kier molecular flexibility index (Phi) is 4.71. The molecule has 0 saturated carbocycles. The van der Waals surface area contributed by atoms with Gasteiger partial charge in [0.2, 0.25) is 0 Å². The minimum atomic E-state index is 0.625. The zero-order chi connectivity index (χ0) is 19.5. The largest absolute Gasteiger partial charge is 0.448 e. The third kappa shape index (κ3) is 3.41. The summed E-state index contributed by atoms with van der Waals surface area (Å²) in [5.41, 5.74) is 4.73. The quantitative estimate of drug-likeness (QED) is 0.473. The average molecular weight is 377 g/mol. The van der Waals surface area contributed by atoms with E-state index in [4.69, 9.17) is 4.74 Å². The van der Waals surface area contributed by atoms with Crippen LogP contribution in [0, 0.1) is 6.92 Å². The highest BCUT2D eigenvalue weighted by molar-refractivity contribution is 5.92. The van der Waals surface area contributed by atoms with Gasteiger partial charge in [-0.25, -0.2) is 19.9 Å². The lowest BCUT2D eigenvalue weighted by atomic mass is 10.1. The number of ether oxygens (including phenoxy) is 1. The maximum atomic E-state index is 5.17. The molecule has 0 aromatic carbocycles. The standard InChI is InChI=1S/C19H20N8O/c1-4-20-13-7-14(16-17-19(24-10-23-17)26-11(2)25-16)18(22-9-13)27-12-5-6-15(28-3)21-8-12/h5-10,20H,4H2,1-3H3,(H,22,27)(H,23,24,25,26)/p+1. The Labute approximate surface area is 161 Å². The molecule has 0 fully saturated rings. The van der Waals surface area contributed by atoms with Crippen molar-refractivity contribution < 1.29 is 9.72 Å². The summed E-state index contributed by atoms with van der Waals surface area (Å²) in [6, 6.07) is 5.78. The molecular weight excluding hydrogens is 356 g/mol. The van der Waals surface area contributed by atoms with Gasteiger partial charge < -0.3 is 20.4 Å². The second-order valence-corrected chi connectivity index (χ2v) is 6.14. The molecule has 4 N–H and O–H groups in total. The number of aryl methyl sites for hydroxylation is 1. The van der Waals surface area contributed by atoms with E-state index in [0.717, 1.165) is 34.7 Å². The summed E-state index contributed by atoms with van der Waals surface area (Å²) < 4.78 is 5.17. The van der Waals surface area contributed by atoms with Crippen molar-refractivity contribution in [2.75, 3.05) is 24.3 Å². The van der Waals surface area contributed by atoms with Crippen molar-refractivity contribution in [3.8, 4) is 17.1 Å². The Balaban J connectivity index is 1.83. The topological polar surface area (TPSA) is 115 Å². The molecule has 142 valence electrons. The number of nitrogens with one attached hydrogen (secondary N) is 4. The molecule has 0 saturated heterocycles. The summed E-state index contributed by atoms with van der Waals surface area (Å²) in [5, 5.41) is 6.65. The van der Waals surface area contributed by atoms with Gasteiger partial charge in [0.1, 0.15) is 28.5 Å². The number of hydrogen-bond donors (Lipinski definition) is 3. The van der Waals surface area contributed by atoms with Crippen LogP contribution in [0.15, 0.2) is 36.9 Å². The van der Waals surface area contributed by atoms with Gasteiger partial charge in [0.15, 0.2) is 11.8 Å². The Morgan fingerprint density at radius 1 is 1.18 bits per heavy atom. The van der Waals surface area contributed by atoms with Crippen LogP contribution in [0.5, 0.6) is 5.88 Å². The fourth-order valence-electron chi connectivity index (χ4n) is 2.93. The highest BCUT2D eigenvalue weighted by Crippen LogP contribution is 2.33. The summed E-state index contributed by atoms with van der Waals surface area (Å²) in [7, 11) is 1.62. The average Bonchev–Trinajstić information content (AvgIpc) is 3.17. The Bertz CT molecular complexity index is 1110. The van der Waals surface area contributed by atoms with Crippen LogP contribution in [0.1, 0.15) is 12.7 Å². The third-order valence-corrected chi connectivity index (χ3v) is 4.19. The molecular formula is C19H21N8O+. The van der Waals surface area contributed by atoms with E-state index in [1.54, 1.807) is 19.6 Å². The summed E-state index contributed by atoms with van der Waals surface area (Å²) in [4.78, 5) is 24.1. The van der Waals surface area contributed by atoms with Gasteiger partial charge in [-0.3, -0.25) is 0 Å². The molecule has 28 heavy (non-hydrogen) atoms. The van der Waals surface area contributed by atoms with Crippen LogP contribution in [0.25, 0.3) is 22.4 Å². The van der Waals surface area contributed by atoms with Gasteiger partial charge in [0, 0.05) is 12.1 Å². The van der Waals surface area contributed by atoms with E-state index in [0.29, 0.717) is 23.2 Å². The minimum absolute atomic E-state index is 0.625. The van der Waals surface area contributed by atoms with Crippen molar-refractivity contribution in [3.63, 3.8) is 0 Å². The van der Waals surface area contributed by atoms with Gasteiger partial charge in [-0.1, -0.05) is 0 Å². The molecule has 0 atom stereocenters. The Morgan fingerprint density at radius 3 is 2.82 bits per heavy atom. The number of aromatic amines is 2. The number of anilines is 3. The van der Waals surface area contributed by atoms with Crippen molar-refractivity contribution >= 4 is 28.4 Å². The predicted molar refractivity (Wildman–Crippen MR) is 107 cm³/mol. The van der Waals surface area contributed by atoms with E-state index in [2.05, 4.69) is 40.5 Å². The summed E-state index contributed by atoms with van der Waals surface area (Å²) in [6.45, 7) is 4.69. The van der Waals surface area contributed by atoms with E-state index < -0.39 is 0 Å². The number of pyridine rings is 2.